The van der Waals surface area contributed by atoms with E-state index in [-0.39, 0.29) is 13.0 Å². The zero-order valence-corrected chi connectivity index (χ0v) is 5.76. The highest BCUT2D eigenvalue weighted by atomic mass is 19.3. The van der Waals surface area contributed by atoms with Crippen LogP contribution >= 0.6 is 0 Å². The number of piperidine rings is 1. The predicted molar refractivity (Wildman–Crippen MR) is 33.4 cm³/mol. The molecule has 0 aliphatic carbocycles. The Morgan fingerprint density at radius 3 is 2.73 bits per heavy atom. The van der Waals surface area contributed by atoms with Crippen LogP contribution < -0.4 is 5.32 Å². The van der Waals surface area contributed by atoms with Crippen molar-refractivity contribution in [3.8, 4) is 0 Å². The quantitative estimate of drug-likeness (QED) is 0.553. The van der Waals surface area contributed by atoms with E-state index >= 15 is 0 Å². The van der Waals surface area contributed by atoms with Gasteiger partial charge in [0.2, 0.25) is 0 Å². The number of ketones is 1. The summed E-state index contributed by atoms with van der Waals surface area (Å²) in [6.07, 6.45) is -3.92. The van der Waals surface area contributed by atoms with Crippen molar-refractivity contribution in [3.63, 3.8) is 0 Å². The van der Waals surface area contributed by atoms with Crippen LogP contribution in [0.5, 0.6) is 0 Å². The Bertz CT molecular complexity index is 163. The number of carbonyl (C=O) groups is 1. The number of rotatable bonds is 1. The van der Waals surface area contributed by atoms with Gasteiger partial charge in [-0.25, -0.2) is 8.78 Å². The number of halogens is 2. The molecule has 0 radical (unpaired) electrons. The summed E-state index contributed by atoms with van der Waals surface area (Å²) < 4.78 is 23.8. The molecule has 1 rings (SSSR count). The lowest BCUT2D eigenvalue weighted by molar-refractivity contribution is -0.131. The summed E-state index contributed by atoms with van der Waals surface area (Å²) >= 11 is 0. The Balaban J connectivity index is 2.46. The van der Waals surface area contributed by atoms with Crippen LogP contribution in [0.2, 0.25) is 0 Å². The highest BCUT2D eigenvalue weighted by Gasteiger charge is 2.31. The van der Waals surface area contributed by atoms with Crippen LogP contribution in [-0.2, 0) is 4.79 Å². The molecule has 0 aromatic rings. The smallest absolute Gasteiger partial charge is 0.254 e. The molecule has 5 heteroatoms. The first-order chi connectivity index (χ1) is 5.11. The lowest BCUT2D eigenvalue weighted by atomic mass is 10.0. The third-order valence-corrected chi connectivity index (χ3v) is 1.67. The fourth-order valence-corrected chi connectivity index (χ4v) is 0.980. The van der Waals surface area contributed by atoms with Crippen molar-refractivity contribution < 1.29 is 18.7 Å². The Labute approximate surface area is 62.4 Å². The number of Topliss-reactive ketones (excluding diaryl/α,β-unsaturated/α-hetero) is 1. The summed E-state index contributed by atoms with van der Waals surface area (Å²) in [7, 11) is 0. The van der Waals surface area contributed by atoms with Gasteiger partial charge in [0.1, 0.15) is 6.10 Å². The summed E-state index contributed by atoms with van der Waals surface area (Å²) in [6, 6.07) is -1.08. The van der Waals surface area contributed by atoms with E-state index in [0.717, 1.165) is 0 Å². The minimum atomic E-state index is -2.54. The number of hydrogen-bond acceptors (Lipinski definition) is 3. The number of carbonyl (C=O) groups excluding carboxylic acids is 1. The average Bonchev–Trinajstić information content (AvgIpc) is 1.94. The van der Waals surface area contributed by atoms with Gasteiger partial charge in [0, 0.05) is 13.0 Å². The molecule has 0 aromatic carbocycles. The maximum absolute atomic E-state index is 11.9. The molecule has 0 amide bonds. The largest absolute Gasteiger partial charge is 0.384 e. The van der Waals surface area contributed by atoms with Gasteiger partial charge in [-0.1, -0.05) is 0 Å². The van der Waals surface area contributed by atoms with Crippen molar-refractivity contribution in [2.24, 2.45) is 0 Å². The molecular weight excluding hydrogens is 156 g/mol. The maximum atomic E-state index is 11.9. The Hall–Kier alpha value is -0.550. The fraction of sp³-hybridized carbons (Fsp3) is 0.833. The van der Waals surface area contributed by atoms with E-state index in [0.29, 0.717) is 0 Å². The molecule has 2 N–H and O–H groups in total. The van der Waals surface area contributed by atoms with Gasteiger partial charge in [0.05, 0.1) is 6.04 Å². The minimum absolute atomic E-state index is 0.0617. The van der Waals surface area contributed by atoms with Crippen molar-refractivity contribution in [2.75, 3.05) is 6.54 Å². The number of hydrogen-bond donors (Lipinski definition) is 2. The third kappa shape index (κ3) is 1.94. The molecule has 1 fully saturated rings. The average molecular weight is 165 g/mol. The van der Waals surface area contributed by atoms with E-state index < -0.39 is 24.4 Å². The normalized spacial score (nSPS) is 32.9. The number of nitrogens with one attached hydrogen (secondary N) is 1. The number of aliphatic hydroxyl groups excluding tert-OH is 1. The van der Waals surface area contributed by atoms with Crippen LogP contribution in [-0.4, -0.2) is 36.0 Å². The zero-order valence-electron chi connectivity index (χ0n) is 5.76. The second-order valence-electron chi connectivity index (χ2n) is 2.54. The van der Waals surface area contributed by atoms with Gasteiger partial charge in [-0.3, -0.25) is 4.79 Å². The predicted octanol–water partition coefficient (Wildman–Crippen LogP) is -0.457. The van der Waals surface area contributed by atoms with Crippen LogP contribution in [0.15, 0.2) is 0 Å². The van der Waals surface area contributed by atoms with Gasteiger partial charge < -0.3 is 10.4 Å². The van der Waals surface area contributed by atoms with Crippen molar-refractivity contribution in [1.29, 1.82) is 0 Å². The van der Waals surface area contributed by atoms with Gasteiger partial charge >= 0.3 is 0 Å². The molecule has 3 nitrogen and oxygen atoms in total. The minimum Gasteiger partial charge on any atom is -0.384 e. The van der Waals surface area contributed by atoms with Crippen LogP contribution in [0.3, 0.4) is 0 Å². The van der Waals surface area contributed by atoms with E-state index in [9.17, 15) is 13.6 Å². The zero-order chi connectivity index (χ0) is 8.43. The van der Waals surface area contributed by atoms with Crippen LogP contribution in [0, 0.1) is 0 Å². The molecule has 0 saturated carbocycles. The van der Waals surface area contributed by atoms with Crippen molar-refractivity contribution in [1.82, 2.24) is 5.32 Å². The highest BCUT2D eigenvalue weighted by Crippen LogP contribution is 2.11. The first-order valence-electron chi connectivity index (χ1n) is 3.33. The summed E-state index contributed by atoms with van der Waals surface area (Å²) in [5.74, 6) is -0.506. The molecule has 2 atom stereocenters. The molecule has 64 valence electrons. The summed E-state index contributed by atoms with van der Waals surface area (Å²) in [6.45, 7) is -0.0617. The number of alkyl halides is 2. The van der Waals surface area contributed by atoms with E-state index in [1.165, 1.54) is 0 Å². The monoisotopic (exact) mass is 165 g/mol. The first-order valence-corrected chi connectivity index (χ1v) is 3.33. The molecule has 11 heavy (non-hydrogen) atoms. The van der Waals surface area contributed by atoms with Gasteiger partial charge in [-0.05, 0) is 0 Å². The van der Waals surface area contributed by atoms with Crippen LogP contribution in [0.4, 0.5) is 8.78 Å². The van der Waals surface area contributed by atoms with Crippen molar-refractivity contribution >= 4 is 5.78 Å². The van der Waals surface area contributed by atoms with Crippen molar-refractivity contribution in [2.45, 2.75) is 25.0 Å². The molecule has 1 aliphatic heterocycles. The highest BCUT2D eigenvalue weighted by molar-refractivity contribution is 5.84. The molecule has 1 aliphatic rings. The molecule has 0 aromatic heterocycles. The molecular formula is C6H9F2NO2. The van der Waals surface area contributed by atoms with E-state index in [2.05, 4.69) is 5.32 Å². The molecule has 0 bridgehead atoms. The fourth-order valence-electron chi connectivity index (χ4n) is 0.980. The molecule has 1 saturated heterocycles. The second kappa shape index (κ2) is 3.23. The SMILES string of the molecule is O=C1CC(C(F)F)NCC1O. The van der Waals surface area contributed by atoms with E-state index in [1.54, 1.807) is 0 Å². The topological polar surface area (TPSA) is 49.3 Å². The van der Waals surface area contributed by atoms with E-state index in [4.69, 9.17) is 5.11 Å². The van der Waals surface area contributed by atoms with Crippen molar-refractivity contribution in [3.05, 3.63) is 0 Å². The van der Waals surface area contributed by atoms with Gasteiger partial charge in [0.25, 0.3) is 6.43 Å². The summed E-state index contributed by atoms with van der Waals surface area (Å²) in [4.78, 5) is 10.7. The lowest BCUT2D eigenvalue weighted by Crippen LogP contribution is -2.50. The molecule has 2 unspecified atom stereocenters. The Kier molecular flexibility index (Phi) is 2.51. The Morgan fingerprint density at radius 1 is 1.64 bits per heavy atom. The van der Waals surface area contributed by atoms with Gasteiger partial charge in [-0.2, -0.15) is 0 Å². The van der Waals surface area contributed by atoms with Gasteiger partial charge in [-0.15, -0.1) is 0 Å². The van der Waals surface area contributed by atoms with Gasteiger partial charge in [0.15, 0.2) is 5.78 Å². The lowest BCUT2D eigenvalue weighted by Gasteiger charge is -2.24. The summed E-state index contributed by atoms with van der Waals surface area (Å²) in [5, 5.41) is 11.2. The number of β-amino-alcohol motifs (C(OH)–C–C–N with tert-alkyl or cyclic N) is 1. The summed E-state index contributed by atoms with van der Waals surface area (Å²) in [5.41, 5.74) is 0. The van der Waals surface area contributed by atoms with E-state index in [1.807, 2.05) is 0 Å². The molecule has 1 heterocycles. The van der Waals surface area contributed by atoms with Crippen LogP contribution in [0.1, 0.15) is 6.42 Å². The second-order valence-corrected chi connectivity index (χ2v) is 2.54. The third-order valence-electron chi connectivity index (χ3n) is 1.67. The van der Waals surface area contributed by atoms with Crippen LogP contribution in [0.25, 0.3) is 0 Å². The molecule has 0 spiro atoms. The number of aliphatic hydroxyl groups is 1. The standard InChI is InChI=1S/C6H9F2NO2/c7-6(8)3-1-4(10)5(11)2-9-3/h3,5-6,9,11H,1-2H2. The first kappa shape index (κ1) is 8.55. The Morgan fingerprint density at radius 2 is 2.27 bits per heavy atom. The maximum Gasteiger partial charge on any atom is 0.254 e.